The number of para-hydroxylation sites is 1. The van der Waals surface area contributed by atoms with Crippen LogP contribution in [0.3, 0.4) is 0 Å². The molecule has 0 saturated heterocycles. The van der Waals surface area contributed by atoms with Crippen molar-refractivity contribution in [2.75, 3.05) is 25.0 Å². The van der Waals surface area contributed by atoms with Gasteiger partial charge in [0.2, 0.25) is 0 Å². The lowest BCUT2D eigenvalue weighted by molar-refractivity contribution is 0.264. The summed E-state index contributed by atoms with van der Waals surface area (Å²) in [7, 11) is 0. The van der Waals surface area contributed by atoms with Gasteiger partial charge in [-0.2, -0.15) is 0 Å². The van der Waals surface area contributed by atoms with Crippen molar-refractivity contribution < 1.29 is 0 Å². The molecule has 0 aliphatic carbocycles. The van der Waals surface area contributed by atoms with Crippen molar-refractivity contribution in [3.63, 3.8) is 0 Å². The van der Waals surface area contributed by atoms with Gasteiger partial charge in [-0.05, 0) is 36.1 Å². The van der Waals surface area contributed by atoms with Crippen LogP contribution in [0.2, 0.25) is 0 Å². The van der Waals surface area contributed by atoms with E-state index in [-0.39, 0.29) is 0 Å². The van der Waals surface area contributed by atoms with Gasteiger partial charge in [-0.1, -0.05) is 42.5 Å². The summed E-state index contributed by atoms with van der Waals surface area (Å²) in [5.74, 6) is 0. The van der Waals surface area contributed by atoms with Gasteiger partial charge < -0.3 is 5.32 Å². The van der Waals surface area contributed by atoms with E-state index in [1.807, 2.05) is 0 Å². The maximum atomic E-state index is 3.54. The molecule has 20 heavy (non-hydrogen) atoms. The molecular weight excluding hydrogens is 244 g/mol. The molecule has 0 saturated carbocycles. The number of rotatable bonds is 4. The number of benzene rings is 2. The largest absolute Gasteiger partial charge is 0.384 e. The topological polar surface area (TPSA) is 15.3 Å². The van der Waals surface area contributed by atoms with Crippen LogP contribution < -0.4 is 5.32 Å². The Kier molecular flexibility index (Phi) is 4.03. The molecule has 2 heteroatoms. The van der Waals surface area contributed by atoms with Crippen LogP contribution in [0, 0.1) is 6.92 Å². The highest BCUT2D eigenvalue weighted by Gasteiger charge is 2.14. The molecule has 1 aliphatic rings. The van der Waals surface area contributed by atoms with E-state index in [2.05, 4.69) is 65.7 Å². The molecular formula is C18H22N2. The van der Waals surface area contributed by atoms with Crippen LogP contribution >= 0.6 is 0 Å². The van der Waals surface area contributed by atoms with Crippen LogP contribution in [-0.4, -0.2) is 24.5 Å². The monoisotopic (exact) mass is 266 g/mol. The quantitative estimate of drug-likeness (QED) is 0.911. The lowest BCUT2D eigenvalue weighted by Crippen LogP contribution is -2.34. The zero-order valence-electron chi connectivity index (χ0n) is 12.1. The summed E-state index contributed by atoms with van der Waals surface area (Å²) in [4.78, 5) is 2.54. The third-order valence-corrected chi connectivity index (χ3v) is 4.10. The van der Waals surface area contributed by atoms with Crippen LogP contribution in [0.15, 0.2) is 48.5 Å². The van der Waals surface area contributed by atoms with Gasteiger partial charge in [0.1, 0.15) is 0 Å². The lowest BCUT2D eigenvalue weighted by atomic mass is 10.00. The molecule has 1 heterocycles. The molecule has 0 atom stereocenters. The number of hydrogen-bond acceptors (Lipinski definition) is 2. The zero-order chi connectivity index (χ0) is 13.8. The van der Waals surface area contributed by atoms with Gasteiger partial charge in [-0.3, -0.25) is 4.90 Å². The van der Waals surface area contributed by atoms with Crippen LogP contribution in [0.25, 0.3) is 0 Å². The maximum absolute atomic E-state index is 3.54. The fraction of sp³-hybridized carbons (Fsp3) is 0.333. The molecule has 0 amide bonds. The summed E-state index contributed by atoms with van der Waals surface area (Å²) in [5, 5.41) is 3.54. The van der Waals surface area contributed by atoms with Crippen molar-refractivity contribution in [2.24, 2.45) is 0 Å². The molecule has 1 N–H and O–H groups in total. The third kappa shape index (κ3) is 3.02. The molecule has 0 fully saturated rings. The Balaban J connectivity index is 1.52. The highest BCUT2D eigenvalue weighted by molar-refractivity contribution is 5.50. The Morgan fingerprint density at radius 2 is 1.75 bits per heavy atom. The third-order valence-electron chi connectivity index (χ3n) is 4.10. The maximum Gasteiger partial charge on any atom is 0.0370 e. The van der Waals surface area contributed by atoms with Gasteiger partial charge in [0.05, 0.1) is 0 Å². The van der Waals surface area contributed by atoms with Gasteiger partial charge in [-0.25, -0.2) is 0 Å². The first-order valence-corrected chi connectivity index (χ1v) is 7.41. The van der Waals surface area contributed by atoms with E-state index in [4.69, 9.17) is 0 Å². The Morgan fingerprint density at radius 3 is 2.60 bits per heavy atom. The first-order valence-electron chi connectivity index (χ1n) is 7.41. The van der Waals surface area contributed by atoms with Crippen molar-refractivity contribution in [3.8, 4) is 0 Å². The average Bonchev–Trinajstić information content (AvgIpc) is 2.49. The Morgan fingerprint density at radius 1 is 1.00 bits per heavy atom. The van der Waals surface area contributed by atoms with Crippen molar-refractivity contribution in [1.82, 2.24) is 4.90 Å². The Labute approximate surface area is 121 Å². The standard InChI is InChI=1S/C18H22N2/c1-15-6-2-5-9-18(15)19-11-13-20-12-10-16-7-3-4-8-17(16)14-20/h2-9,19H,10-14H2,1H3. The SMILES string of the molecule is Cc1ccccc1NCCN1CCc2ccccc2C1. The predicted octanol–water partition coefficient (Wildman–Crippen LogP) is 3.47. The van der Waals surface area contributed by atoms with E-state index in [9.17, 15) is 0 Å². The summed E-state index contributed by atoms with van der Waals surface area (Å²) < 4.78 is 0. The van der Waals surface area contributed by atoms with Gasteiger partial charge in [0.25, 0.3) is 0 Å². The van der Waals surface area contributed by atoms with Crippen LogP contribution in [0.4, 0.5) is 5.69 Å². The van der Waals surface area contributed by atoms with E-state index in [0.29, 0.717) is 0 Å². The average molecular weight is 266 g/mol. The molecule has 0 radical (unpaired) electrons. The summed E-state index contributed by atoms with van der Waals surface area (Å²) >= 11 is 0. The molecule has 2 aromatic carbocycles. The molecule has 2 aromatic rings. The van der Waals surface area contributed by atoms with Gasteiger partial charge in [-0.15, -0.1) is 0 Å². The molecule has 0 bridgehead atoms. The minimum atomic E-state index is 1.01. The number of anilines is 1. The minimum Gasteiger partial charge on any atom is -0.384 e. The van der Waals surface area contributed by atoms with E-state index in [0.717, 1.165) is 19.6 Å². The number of nitrogens with one attached hydrogen (secondary N) is 1. The summed E-state index contributed by atoms with van der Waals surface area (Å²) in [6, 6.07) is 17.3. The second kappa shape index (κ2) is 6.10. The Bertz CT molecular complexity index is 577. The van der Waals surface area contributed by atoms with Crippen molar-refractivity contribution in [2.45, 2.75) is 19.9 Å². The van der Waals surface area contributed by atoms with E-state index in [1.165, 1.54) is 35.3 Å². The van der Waals surface area contributed by atoms with Crippen molar-refractivity contribution in [3.05, 3.63) is 65.2 Å². The van der Waals surface area contributed by atoms with Crippen molar-refractivity contribution >= 4 is 5.69 Å². The summed E-state index contributed by atoms with van der Waals surface area (Å²) in [5.41, 5.74) is 5.59. The fourth-order valence-electron chi connectivity index (χ4n) is 2.86. The summed E-state index contributed by atoms with van der Waals surface area (Å²) in [6.45, 7) is 6.52. The molecule has 0 aromatic heterocycles. The number of fused-ring (bicyclic) bond motifs is 1. The highest BCUT2D eigenvalue weighted by atomic mass is 15.1. The molecule has 3 rings (SSSR count). The Hall–Kier alpha value is -1.80. The van der Waals surface area contributed by atoms with Gasteiger partial charge in [0, 0.05) is 31.9 Å². The second-order valence-electron chi connectivity index (χ2n) is 5.54. The fourth-order valence-corrected chi connectivity index (χ4v) is 2.86. The normalized spacial score (nSPS) is 14.8. The molecule has 104 valence electrons. The van der Waals surface area contributed by atoms with E-state index in [1.54, 1.807) is 0 Å². The first kappa shape index (κ1) is 13.2. The van der Waals surface area contributed by atoms with Crippen LogP contribution in [0.1, 0.15) is 16.7 Å². The minimum absolute atomic E-state index is 1.01. The first-order chi connectivity index (χ1) is 9.83. The molecule has 2 nitrogen and oxygen atoms in total. The smallest absolute Gasteiger partial charge is 0.0370 e. The molecule has 1 aliphatic heterocycles. The number of nitrogens with zero attached hydrogens (tertiary/aromatic N) is 1. The summed E-state index contributed by atoms with van der Waals surface area (Å²) in [6.07, 6.45) is 1.18. The predicted molar refractivity (Wildman–Crippen MR) is 85.1 cm³/mol. The second-order valence-corrected chi connectivity index (χ2v) is 5.54. The van der Waals surface area contributed by atoms with Crippen LogP contribution in [0.5, 0.6) is 0 Å². The van der Waals surface area contributed by atoms with Crippen LogP contribution in [-0.2, 0) is 13.0 Å². The van der Waals surface area contributed by atoms with E-state index < -0.39 is 0 Å². The zero-order valence-corrected chi connectivity index (χ0v) is 12.1. The van der Waals surface area contributed by atoms with Crippen molar-refractivity contribution in [1.29, 1.82) is 0 Å². The number of aryl methyl sites for hydroxylation is 1. The van der Waals surface area contributed by atoms with E-state index >= 15 is 0 Å². The molecule has 0 spiro atoms. The highest BCUT2D eigenvalue weighted by Crippen LogP contribution is 2.18. The molecule has 0 unspecified atom stereocenters. The van der Waals surface area contributed by atoms with Gasteiger partial charge in [0.15, 0.2) is 0 Å². The van der Waals surface area contributed by atoms with Gasteiger partial charge >= 0.3 is 0 Å². The number of hydrogen-bond donors (Lipinski definition) is 1. The lowest BCUT2D eigenvalue weighted by Gasteiger charge is -2.28.